The normalized spacial score (nSPS) is 15.7. The van der Waals surface area contributed by atoms with Crippen LogP contribution in [0.1, 0.15) is 22.0 Å². The van der Waals surface area contributed by atoms with Gasteiger partial charge in [0.25, 0.3) is 5.91 Å². The number of carbonyl (C=O) groups is 1. The maximum atomic E-state index is 13.4. The highest BCUT2D eigenvalue weighted by atomic mass is 19.1. The molecule has 7 heteroatoms. The SMILES string of the molecule is COc1cccc(C(=O)NCC(c2ccc(F)cc2)N2CCOCC2)c1OC. The topological polar surface area (TPSA) is 60.0 Å². The van der Waals surface area contributed by atoms with Crippen molar-refractivity contribution in [1.29, 1.82) is 0 Å². The van der Waals surface area contributed by atoms with E-state index in [4.69, 9.17) is 14.2 Å². The fourth-order valence-electron chi connectivity index (χ4n) is 3.38. The van der Waals surface area contributed by atoms with Crippen LogP contribution in [0.4, 0.5) is 4.39 Å². The molecule has 3 rings (SSSR count). The molecule has 0 saturated carbocycles. The van der Waals surface area contributed by atoms with Gasteiger partial charge in [0.2, 0.25) is 0 Å². The number of carbonyl (C=O) groups excluding carboxylic acids is 1. The zero-order valence-corrected chi connectivity index (χ0v) is 16.1. The molecule has 0 aromatic heterocycles. The number of nitrogens with one attached hydrogen (secondary N) is 1. The van der Waals surface area contributed by atoms with Gasteiger partial charge in [0.15, 0.2) is 11.5 Å². The van der Waals surface area contributed by atoms with Crippen molar-refractivity contribution in [2.75, 3.05) is 47.1 Å². The quantitative estimate of drug-likeness (QED) is 0.790. The highest BCUT2D eigenvalue weighted by Gasteiger charge is 2.24. The third-order valence-corrected chi connectivity index (χ3v) is 4.84. The fraction of sp³-hybridized carbons (Fsp3) is 0.381. The molecule has 1 saturated heterocycles. The number of rotatable bonds is 7. The number of halogens is 1. The number of para-hydroxylation sites is 1. The van der Waals surface area contributed by atoms with Crippen molar-refractivity contribution >= 4 is 5.91 Å². The Balaban J connectivity index is 1.78. The molecule has 0 spiro atoms. The van der Waals surface area contributed by atoms with Gasteiger partial charge in [-0.25, -0.2) is 4.39 Å². The molecular weight excluding hydrogens is 363 g/mol. The van der Waals surface area contributed by atoms with Gasteiger partial charge in [-0.1, -0.05) is 18.2 Å². The second kappa shape index (κ2) is 9.52. The highest BCUT2D eigenvalue weighted by Crippen LogP contribution is 2.30. The minimum absolute atomic E-state index is 0.0787. The van der Waals surface area contributed by atoms with Gasteiger partial charge < -0.3 is 19.5 Å². The van der Waals surface area contributed by atoms with Crippen LogP contribution in [0.15, 0.2) is 42.5 Å². The average Bonchev–Trinajstić information content (AvgIpc) is 2.75. The number of morpholine rings is 1. The van der Waals surface area contributed by atoms with Crippen LogP contribution in [0, 0.1) is 5.82 Å². The second-order valence-corrected chi connectivity index (χ2v) is 6.47. The van der Waals surface area contributed by atoms with Gasteiger partial charge in [0, 0.05) is 19.6 Å². The number of nitrogens with zero attached hydrogens (tertiary/aromatic N) is 1. The molecule has 150 valence electrons. The van der Waals surface area contributed by atoms with E-state index < -0.39 is 0 Å². The molecule has 1 aliphatic rings. The van der Waals surface area contributed by atoms with Crippen molar-refractivity contribution in [1.82, 2.24) is 10.2 Å². The Bertz CT molecular complexity index is 791. The first-order valence-corrected chi connectivity index (χ1v) is 9.20. The largest absolute Gasteiger partial charge is 0.493 e. The summed E-state index contributed by atoms with van der Waals surface area (Å²) >= 11 is 0. The van der Waals surface area contributed by atoms with E-state index >= 15 is 0 Å². The van der Waals surface area contributed by atoms with E-state index in [-0.39, 0.29) is 17.8 Å². The van der Waals surface area contributed by atoms with Gasteiger partial charge in [-0.3, -0.25) is 9.69 Å². The van der Waals surface area contributed by atoms with Crippen molar-refractivity contribution in [2.24, 2.45) is 0 Å². The molecule has 1 amide bonds. The molecule has 1 N–H and O–H groups in total. The zero-order chi connectivity index (χ0) is 19.9. The number of hydrogen-bond donors (Lipinski definition) is 1. The van der Waals surface area contributed by atoms with Gasteiger partial charge in [0.1, 0.15) is 5.82 Å². The Morgan fingerprint density at radius 3 is 2.50 bits per heavy atom. The Morgan fingerprint density at radius 2 is 1.86 bits per heavy atom. The zero-order valence-electron chi connectivity index (χ0n) is 16.1. The van der Waals surface area contributed by atoms with Gasteiger partial charge in [-0.05, 0) is 29.8 Å². The molecule has 1 heterocycles. The van der Waals surface area contributed by atoms with Crippen LogP contribution in [0.3, 0.4) is 0 Å². The van der Waals surface area contributed by atoms with Crippen molar-refractivity contribution in [3.8, 4) is 11.5 Å². The summed E-state index contributed by atoms with van der Waals surface area (Å²) < 4.78 is 29.4. The number of methoxy groups -OCH3 is 2. The Kier molecular flexibility index (Phi) is 6.84. The molecule has 0 aliphatic carbocycles. The summed E-state index contributed by atoms with van der Waals surface area (Å²) in [5, 5.41) is 2.98. The van der Waals surface area contributed by atoms with Crippen LogP contribution < -0.4 is 14.8 Å². The van der Waals surface area contributed by atoms with Crippen LogP contribution in [-0.4, -0.2) is 57.9 Å². The summed E-state index contributed by atoms with van der Waals surface area (Å²) in [5.74, 6) is 0.358. The molecule has 1 atom stereocenters. The van der Waals surface area contributed by atoms with Crippen molar-refractivity contribution in [3.05, 3.63) is 59.4 Å². The molecule has 0 radical (unpaired) electrons. The van der Waals surface area contributed by atoms with Crippen LogP contribution in [-0.2, 0) is 4.74 Å². The van der Waals surface area contributed by atoms with E-state index in [1.807, 2.05) is 0 Å². The number of amides is 1. The molecular formula is C21H25FN2O4. The monoisotopic (exact) mass is 388 g/mol. The molecule has 1 aliphatic heterocycles. The lowest BCUT2D eigenvalue weighted by Crippen LogP contribution is -2.43. The van der Waals surface area contributed by atoms with Crippen LogP contribution in [0.25, 0.3) is 0 Å². The van der Waals surface area contributed by atoms with E-state index in [2.05, 4.69) is 10.2 Å². The fourth-order valence-corrected chi connectivity index (χ4v) is 3.38. The first kappa shape index (κ1) is 20.1. The summed E-state index contributed by atoms with van der Waals surface area (Å²) in [6.07, 6.45) is 0. The molecule has 28 heavy (non-hydrogen) atoms. The summed E-state index contributed by atoms with van der Waals surface area (Å²) in [4.78, 5) is 15.1. The Morgan fingerprint density at radius 1 is 1.14 bits per heavy atom. The van der Waals surface area contributed by atoms with E-state index in [1.54, 1.807) is 30.3 Å². The molecule has 2 aromatic rings. The second-order valence-electron chi connectivity index (χ2n) is 6.47. The van der Waals surface area contributed by atoms with Crippen LogP contribution in [0.2, 0.25) is 0 Å². The Hall–Kier alpha value is -2.64. The van der Waals surface area contributed by atoms with E-state index in [0.717, 1.165) is 18.7 Å². The third-order valence-electron chi connectivity index (χ3n) is 4.84. The lowest BCUT2D eigenvalue weighted by Gasteiger charge is -2.35. The molecule has 2 aromatic carbocycles. The predicted molar refractivity (Wildman–Crippen MR) is 103 cm³/mol. The molecule has 1 unspecified atom stereocenters. The minimum Gasteiger partial charge on any atom is -0.493 e. The summed E-state index contributed by atoms with van der Waals surface area (Å²) in [5.41, 5.74) is 1.35. The maximum absolute atomic E-state index is 13.4. The van der Waals surface area contributed by atoms with Crippen molar-refractivity contribution in [3.63, 3.8) is 0 Å². The molecule has 1 fully saturated rings. The van der Waals surface area contributed by atoms with Gasteiger partial charge in [0.05, 0.1) is 39.0 Å². The smallest absolute Gasteiger partial charge is 0.255 e. The van der Waals surface area contributed by atoms with Crippen LogP contribution >= 0.6 is 0 Å². The lowest BCUT2D eigenvalue weighted by atomic mass is 10.0. The predicted octanol–water partition coefficient (Wildman–Crippen LogP) is 2.65. The standard InChI is InChI=1S/C21H25FN2O4/c1-26-19-5-3-4-17(20(19)27-2)21(25)23-14-18(24-10-12-28-13-11-24)15-6-8-16(22)9-7-15/h3-9,18H,10-14H2,1-2H3,(H,23,25). The van der Waals surface area contributed by atoms with Crippen molar-refractivity contribution in [2.45, 2.75) is 6.04 Å². The first-order chi connectivity index (χ1) is 13.6. The highest BCUT2D eigenvalue weighted by molar-refractivity contribution is 5.97. The van der Waals surface area contributed by atoms with Gasteiger partial charge >= 0.3 is 0 Å². The van der Waals surface area contributed by atoms with Crippen LogP contribution in [0.5, 0.6) is 11.5 Å². The van der Waals surface area contributed by atoms with E-state index in [0.29, 0.717) is 36.8 Å². The van der Waals surface area contributed by atoms with E-state index in [9.17, 15) is 9.18 Å². The van der Waals surface area contributed by atoms with Gasteiger partial charge in [-0.15, -0.1) is 0 Å². The minimum atomic E-state index is -0.283. The number of ether oxygens (including phenoxy) is 3. The first-order valence-electron chi connectivity index (χ1n) is 9.20. The average molecular weight is 388 g/mol. The molecule has 0 bridgehead atoms. The third kappa shape index (κ3) is 4.61. The Labute approximate surface area is 164 Å². The van der Waals surface area contributed by atoms with Crippen molar-refractivity contribution < 1.29 is 23.4 Å². The molecule has 6 nitrogen and oxygen atoms in total. The summed E-state index contributed by atoms with van der Waals surface area (Å²) in [6.45, 7) is 3.15. The number of hydrogen-bond acceptors (Lipinski definition) is 5. The van der Waals surface area contributed by atoms with Gasteiger partial charge in [-0.2, -0.15) is 0 Å². The summed E-state index contributed by atoms with van der Waals surface area (Å²) in [6, 6.07) is 11.5. The summed E-state index contributed by atoms with van der Waals surface area (Å²) in [7, 11) is 3.03. The number of benzene rings is 2. The lowest BCUT2D eigenvalue weighted by molar-refractivity contribution is 0.0162. The maximum Gasteiger partial charge on any atom is 0.255 e. The van der Waals surface area contributed by atoms with E-state index in [1.165, 1.54) is 26.4 Å².